The Bertz CT molecular complexity index is 399. The van der Waals surface area contributed by atoms with Crippen LogP contribution in [0.3, 0.4) is 0 Å². The van der Waals surface area contributed by atoms with E-state index < -0.39 is 5.54 Å². The third-order valence-corrected chi connectivity index (χ3v) is 3.73. The van der Waals surface area contributed by atoms with Crippen molar-refractivity contribution in [2.75, 3.05) is 5.75 Å². The minimum Gasteiger partial charge on any atom is -0.314 e. The highest BCUT2D eigenvalue weighted by atomic mass is 35.5. The number of unbranched alkanes of at least 4 members (excludes halogenated alkanes) is 1. The fraction of sp³-hybridized carbons (Fsp3) is 0.462. The summed E-state index contributed by atoms with van der Waals surface area (Å²) in [6.07, 6.45) is 2.79. The summed E-state index contributed by atoms with van der Waals surface area (Å²) in [5.41, 5.74) is 5.06. The molecule has 92 valence electrons. The Morgan fingerprint density at radius 3 is 2.88 bits per heavy atom. The zero-order chi connectivity index (χ0) is 12.7. The molecule has 0 saturated carbocycles. The Kier molecular flexibility index (Phi) is 5.84. The minimum atomic E-state index is -0.680. The lowest BCUT2D eigenvalue weighted by Crippen LogP contribution is -2.33. The van der Waals surface area contributed by atoms with Crippen molar-refractivity contribution in [2.45, 2.75) is 36.6 Å². The van der Waals surface area contributed by atoms with Gasteiger partial charge in [0.15, 0.2) is 0 Å². The van der Waals surface area contributed by atoms with Gasteiger partial charge in [-0.15, -0.1) is 11.8 Å². The van der Waals surface area contributed by atoms with E-state index >= 15 is 0 Å². The van der Waals surface area contributed by atoms with Crippen LogP contribution in [0.15, 0.2) is 29.2 Å². The van der Waals surface area contributed by atoms with Crippen molar-refractivity contribution in [2.24, 2.45) is 5.73 Å². The fourth-order valence-electron chi connectivity index (χ4n) is 1.40. The van der Waals surface area contributed by atoms with E-state index in [4.69, 9.17) is 22.6 Å². The van der Waals surface area contributed by atoms with Crippen LogP contribution in [0.25, 0.3) is 0 Å². The number of nitrogens with two attached hydrogens (primary N) is 1. The van der Waals surface area contributed by atoms with Crippen LogP contribution in [0.2, 0.25) is 5.02 Å². The quantitative estimate of drug-likeness (QED) is 0.630. The average molecular weight is 269 g/mol. The first kappa shape index (κ1) is 14.4. The molecule has 0 aliphatic carbocycles. The van der Waals surface area contributed by atoms with Crippen LogP contribution in [0.5, 0.6) is 0 Å². The predicted octanol–water partition coefficient (Wildman–Crippen LogP) is 3.84. The summed E-state index contributed by atoms with van der Waals surface area (Å²) in [4.78, 5) is 1.19. The second-order valence-corrected chi connectivity index (χ2v) is 5.90. The summed E-state index contributed by atoms with van der Waals surface area (Å²) in [6, 6.07) is 9.96. The van der Waals surface area contributed by atoms with Crippen LogP contribution in [0.1, 0.15) is 26.2 Å². The van der Waals surface area contributed by atoms with Crippen LogP contribution in [-0.2, 0) is 0 Å². The predicted molar refractivity (Wildman–Crippen MR) is 74.2 cm³/mol. The molecule has 17 heavy (non-hydrogen) atoms. The highest BCUT2D eigenvalue weighted by molar-refractivity contribution is 7.99. The van der Waals surface area contributed by atoms with E-state index in [1.807, 2.05) is 18.2 Å². The Morgan fingerprint density at radius 1 is 1.47 bits per heavy atom. The van der Waals surface area contributed by atoms with Crippen LogP contribution in [0, 0.1) is 11.3 Å². The lowest BCUT2D eigenvalue weighted by Gasteiger charge is -2.14. The van der Waals surface area contributed by atoms with Gasteiger partial charge in [-0.2, -0.15) is 5.26 Å². The second kappa shape index (κ2) is 6.90. The zero-order valence-corrected chi connectivity index (χ0v) is 11.5. The number of hydrogen-bond acceptors (Lipinski definition) is 3. The molecule has 0 radical (unpaired) electrons. The average Bonchev–Trinajstić information content (AvgIpc) is 2.29. The number of hydrogen-bond donors (Lipinski definition) is 1. The van der Waals surface area contributed by atoms with Crippen LogP contribution < -0.4 is 5.73 Å². The van der Waals surface area contributed by atoms with Gasteiger partial charge in [0.1, 0.15) is 5.54 Å². The number of thioether (sulfide) groups is 1. The number of nitrogens with zero attached hydrogens (tertiary/aromatic N) is 1. The minimum absolute atomic E-state index is 0.680. The highest BCUT2D eigenvalue weighted by Gasteiger charge is 2.15. The molecule has 0 fully saturated rings. The van der Waals surface area contributed by atoms with Crippen molar-refractivity contribution in [1.82, 2.24) is 0 Å². The van der Waals surface area contributed by atoms with Crippen molar-refractivity contribution in [3.05, 3.63) is 29.3 Å². The van der Waals surface area contributed by atoms with Crippen molar-refractivity contribution < 1.29 is 0 Å². The number of halogens is 1. The van der Waals surface area contributed by atoms with Gasteiger partial charge in [-0.25, -0.2) is 0 Å². The third-order valence-electron chi connectivity index (χ3n) is 2.41. The van der Waals surface area contributed by atoms with Gasteiger partial charge in [0.05, 0.1) is 6.07 Å². The van der Waals surface area contributed by atoms with Gasteiger partial charge in [-0.1, -0.05) is 17.7 Å². The van der Waals surface area contributed by atoms with Crippen LogP contribution >= 0.6 is 23.4 Å². The van der Waals surface area contributed by atoms with Crippen molar-refractivity contribution in [3.63, 3.8) is 0 Å². The Morgan fingerprint density at radius 2 is 2.24 bits per heavy atom. The summed E-state index contributed by atoms with van der Waals surface area (Å²) < 4.78 is 0. The van der Waals surface area contributed by atoms with E-state index in [0.717, 1.165) is 30.0 Å². The normalized spacial score (nSPS) is 14.0. The molecule has 0 heterocycles. The molecule has 2 N–H and O–H groups in total. The molecule has 0 aliphatic rings. The largest absolute Gasteiger partial charge is 0.314 e. The smallest absolute Gasteiger partial charge is 0.101 e. The van der Waals surface area contributed by atoms with Crippen LogP contribution in [0.4, 0.5) is 0 Å². The Labute approximate surface area is 112 Å². The molecule has 4 heteroatoms. The van der Waals surface area contributed by atoms with Crippen molar-refractivity contribution >= 4 is 23.4 Å². The summed E-state index contributed by atoms with van der Waals surface area (Å²) in [6.45, 7) is 1.77. The maximum Gasteiger partial charge on any atom is 0.101 e. The highest BCUT2D eigenvalue weighted by Crippen LogP contribution is 2.23. The molecule has 2 nitrogen and oxygen atoms in total. The van der Waals surface area contributed by atoms with E-state index in [2.05, 4.69) is 12.1 Å². The Hall–Kier alpha value is -0.690. The fourth-order valence-corrected chi connectivity index (χ4v) is 2.62. The van der Waals surface area contributed by atoms with E-state index in [9.17, 15) is 0 Å². The molecule has 0 aromatic heterocycles. The van der Waals surface area contributed by atoms with E-state index in [1.165, 1.54) is 4.90 Å². The van der Waals surface area contributed by atoms with Gasteiger partial charge in [-0.05, 0) is 50.1 Å². The van der Waals surface area contributed by atoms with Gasteiger partial charge in [0.25, 0.3) is 0 Å². The van der Waals surface area contributed by atoms with Crippen molar-refractivity contribution in [1.29, 1.82) is 5.26 Å². The molecule has 0 saturated heterocycles. The number of rotatable bonds is 6. The maximum absolute atomic E-state index is 8.76. The van der Waals surface area contributed by atoms with Gasteiger partial charge < -0.3 is 5.73 Å². The summed E-state index contributed by atoms with van der Waals surface area (Å²) >= 11 is 7.68. The number of nitriles is 1. The molecule has 0 bridgehead atoms. The second-order valence-electron chi connectivity index (χ2n) is 4.29. The maximum atomic E-state index is 8.76. The standard InChI is InChI=1S/C13H17ClN2S/c1-13(16,10-15)7-2-3-8-17-12-6-4-5-11(14)9-12/h4-6,9H,2-3,7-8,16H2,1H3. The first-order valence-corrected chi connectivity index (χ1v) is 6.98. The molecule has 0 spiro atoms. The molecule has 0 aliphatic heterocycles. The monoisotopic (exact) mass is 268 g/mol. The van der Waals surface area contributed by atoms with Gasteiger partial charge in [0, 0.05) is 9.92 Å². The Balaban J connectivity index is 2.19. The lowest BCUT2D eigenvalue weighted by molar-refractivity contribution is 0.519. The molecular formula is C13H17ClN2S. The van der Waals surface area contributed by atoms with E-state index in [-0.39, 0.29) is 0 Å². The van der Waals surface area contributed by atoms with Gasteiger partial charge in [0.2, 0.25) is 0 Å². The first-order valence-electron chi connectivity index (χ1n) is 5.62. The molecule has 1 atom stereocenters. The lowest BCUT2D eigenvalue weighted by atomic mass is 9.99. The zero-order valence-electron chi connectivity index (χ0n) is 9.95. The number of benzene rings is 1. The summed E-state index contributed by atoms with van der Waals surface area (Å²) in [5, 5.41) is 9.54. The van der Waals surface area contributed by atoms with E-state index in [0.29, 0.717) is 0 Å². The first-order chi connectivity index (χ1) is 8.03. The summed E-state index contributed by atoms with van der Waals surface area (Å²) in [7, 11) is 0. The molecule has 1 aromatic carbocycles. The SMILES string of the molecule is CC(N)(C#N)CCCCSc1cccc(Cl)c1. The molecular weight excluding hydrogens is 252 g/mol. The van der Waals surface area contributed by atoms with Gasteiger partial charge >= 0.3 is 0 Å². The van der Waals surface area contributed by atoms with E-state index in [1.54, 1.807) is 18.7 Å². The van der Waals surface area contributed by atoms with Crippen molar-refractivity contribution in [3.8, 4) is 6.07 Å². The summed E-state index contributed by atoms with van der Waals surface area (Å²) in [5.74, 6) is 1.03. The molecule has 1 rings (SSSR count). The molecule has 1 unspecified atom stereocenters. The van der Waals surface area contributed by atoms with Gasteiger partial charge in [-0.3, -0.25) is 0 Å². The third kappa shape index (κ3) is 5.97. The molecule has 0 amide bonds. The molecule has 1 aromatic rings. The van der Waals surface area contributed by atoms with Crippen LogP contribution in [-0.4, -0.2) is 11.3 Å². The topological polar surface area (TPSA) is 49.8 Å².